The van der Waals surface area contributed by atoms with E-state index in [0.717, 1.165) is 22.4 Å². The number of hydrogen-bond donors (Lipinski definition) is 1. The van der Waals surface area contributed by atoms with E-state index in [0.29, 0.717) is 13.0 Å². The van der Waals surface area contributed by atoms with Gasteiger partial charge in [-0.3, -0.25) is 0 Å². The van der Waals surface area contributed by atoms with E-state index in [1.807, 2.05) is 54.6 Å². The van der Waals surface area contributed by atoms with Gasteiger partial charge in [-0.25, -0.2) is 0 Å². The molecule has 0 bridgehead atoms. The average molecular weight is 332 g/mol. The molecule has 0 aliphatic heterocycles. The topological polar surface area (TPSA) is 29.5 Å². The molecular formula is C23H24O2. The predicted molar refractivity (Wildman–Crippen MR) is 102 cm³/mol. The standard InChI is InChI=1S/C23H24O2/c1-17-11-18(2)13-20(12-17)14-23(24)21-9-6-10-22(15-21)25-16-19-7-4-3-5-8-19/h3-13,15,23-24H,14,16H2,1-2H3. The van der Waals surface area contributed by atoms with Crippen LogP contribution in [-0.4, -0.2) is 5.11 Å². The summed E-state index contributed by atoms with van der Waals surface area (Å²) in [4.78, 5) is 0. The van der Waals surface area contributed by atoms with E-state index in [4.69, 9.17) is 4.74 Å². The van der Waals surface area contributed by atoms with Gasteiger partial charge in [0.25, 0.3) is 0 Å². The van der Waals surface area contributed by atoms with Crippen LogP contribution in [0.2, 0.25) is 0 Å². The summed E-state index contributed by atoms with van der Waals surface area (Å²) in [5, 5.41) is 10.6. The first-order valence-corrected chi connectivity index (χ1v) is 8.62. The van der Waals surface area contributed by atoms with Gasteiger partial charge in [-0.05, 0) is 42.7 Å². The SMILES string of the molecule is Cc1cc(C)cc(CC(O)c2cccc(OCc3ccccc3)c2)c1. The highest BCUT2D eigenvalue weighted by Gasteiger charge is 2.10. The minimum atomic E-state index is -0.540. The van der Waals surface area contributed by atoms with Gasteiger partial charge in [-0.2, -0.15) is 0 Å². The fourth-order valence-corrected chi connectivity index (χ4v) is 3.08. The van der Waals surface area contributed by atoms with Crippen molar-refractivity contribution in [1.82, 2.24) is 0 Å². The predicted octanol–water partition coefficient (Wildman–Crippen LogP) is 5.16. The summed E-state index contributed by atoms with van der Waals surface area (Å²) in [6, 6.07) is 24.2. The van der Waals surface area contributed by atoms with Gasteiger partial charge < -0.3 is 9.84 Å². The zero-order valence-corrected chi connectivity index (χ0v) is 14.8. The van der Waals surface area contributed by atoms with Gasteiger partial charge in [0.15, 0.2) is 0 Å². The van der Waals surface area contributed by atoms with Gasteiger partial charge in [0.05, 0.1) is 6.10 Å². The Morgan fingerprint density at radius 1 is 0.800 bits per heavy atom. The number of rotatable bonds is 6. The molecule has 25 heavy (non-hydrogen) atoms. The second kappa shape index (κ2) is 8.00. The maximum absolute atomic E-state index is 10.6. The molecule has 0 saturated heterocycles. The van der Waals surface area contributed by atoms with Crippen LogP contribution in [0.25, 0.3) is 0 Å². The fourth-order valence-electron chi connectivity index (χ4n) is 3.08. The molecule has 128 valence electrons. The largest absolute Gasteiger partial charge is 0.489 e. The molecule has 0 amide bonds. The number of aliphatic hydroxyl groups is 1. The maximum Gasteiger partial charge on any atom is 0.120 e. The van der Waals surface area contributed by atoms with Crippen LogP contribution in [0.5, 0.6) is 5.75 Å². The number of aliphatic hydroxyl groups excluding tert-OH is 1. The number of hydrogen-bond acceptors (Lipinski definition) is 2. The zero-order valence-electron chi connectivity index (χ0n) is 14.8. The molecule has 0 fully saturated rings. The van der Waals surface area contributed by atoms with E-state index in [1.165, 1.54) is 11.1 Å². The Labute approximate surface area is 149 Å². The summed E-state index contributed by atoms with van der Waals surface area (Å²) < 4.78 is 5.86. The highest BCUT2D eigenvalue weighted by atomic mass is 16.5. The van der Waals surface area contributed by atoms with Crippen molar-refractivity contribution in [2.75, 3.05) is 0 Å². The summed E-state index contributed by atoms with van der Waals surface area (Å²) in [5.74, 6) is 0.779. The van der Waals surface area contributed by atoms with Crippen LogP contribution in [0.1, 0.15) is 33.9 Å². The Hall–Kier alpha value is -2.58. The van der Waals surface area contributed by atoms with Crippen molar-refractivity contribution in [3.63, 3.8) is 0 Å². The van der Waals surface area contributed by atoms with Gasteiger partial charge >= 0.3 is 0 Å². The van der Waals surface area contributed by atoms with E-state index in [9.17, 15) is 5.11 Å². The minimum Gasteiger partial charge on any atom is -0.489 e. The molecule has 0 aliphatic carbocycles. The van der Waals surface area contributed by atoms with Crippen LogP contribution < -0.4 is 4.74 Å². The first kappa shape index (κ1) is 17.2. The first-order valence-electron chi connectivity index (χ1n) is 8.62. The van der Waals surface area contributed by atoms with Crippen LogP contribution in [0.15, 0.2) is 72.8 Å². The van der Waals surface area contributed by atoms with Crippen LogP contribution in [0.4, 0.5) is 0 Å². The lowest BCUT2D eigenvalue weighted by Gasteiger charge is -2.14. The summed E-state index contributed by atoms with van der Waals surface area (Å²) in [6.45, 7) is 4.69. The van der Waals surface area contributed by atoms with Crippen LogP contribution in [0.3, 0.4) is 0 Å². The van der Waals surface area contributed by atoms with Crippen molar-refractivity contribution >= 4 is 0 Å². The van der Waals surface area contributed by atoms with E-state index < -0.39 is 6.10 Å². The average Bonchev–Trinajstić information content (AvgIpc) is 2.60. The Morgan fingerprint density at radius 3 is 2.24 bits per heavy atom. The third-order valence-electron chi connectivity index (χ3n) is 4.20. The second-order valence-corrected chi connectivity index (χ2v) is 6.56. The Balaban J connectivity index is 1.67. The van der Waals surface area contributed by atoms with Crippen LogP contribution in [0, 0.1) is 13.8 Å². The molecule has 2 nitrogen and oxygen atoms in total. The Kier molecular flexibility index (Phi) is 5.52. The normalized spacial score (nSPS) is 12.0. The molecular weight excluding hydrogens is 308 g/mol. The summed E-state index contributed by atoms with van der Waals surface area (Å²) in [5.41, 5.74) is 5.61. The number of benzene rings is 3. The summed E-state index contributed by atoms with van der Waals surface area (Å²) in [6.07, 6.45) is 0.0615. The lowest BCUT2D eigenvalue weighted by molar-refractivity contribution is 0.177. The number of aryl methyl sites for hydroxylation is 2. The van der Waals surface area contributed by atoms with Gasteiger partial charge in [0, 0.05) is 6.42 Å². The van der Waals surface area contributed by atoms with Crippen LogP contribution >= 0.6 is 0 Å². The summed E-state index contributed by atoms with van der Waals surface area (Å²) >= 11 is 0. The van der Waals surface area contributed by atoms with Crippen molar-refractivity contribution in [1.29, 1.82) is 0 Å². The van der Waals surface area contributed by atoms with Crippen molar-refractivity contribution in [2.24, 2.45) is 0 Å². The minimum absolute atomic E-state index is 0.525. The highest BCUT2D eigenvalue weighted by molar-refractivity contribution is 5.33. The summed E-state index contributed by atoms with van der Waals surface area (Å²) in [7, 11) is 0. The molecule has 3 aromatic rings. The second-order valence-electron chi connectivity index (χ2n) is 6.56. The molecule has 3 aromatic carbocycles. The van der Waals surface area contributed by atoms with Gasteiger partial charge in [0.1, 0.15) is 12.4 Å². The molecule has 0 radical (unpaired) electrons. The van der Waals surface area contributed by atoms with Gasteiger partial charge in [0.2, 0.25) is 0 Å². The van der Waals surface area contributed by atoms with E-state index in [-0.39, 0.29) is 0 Å². The lowest BCUT2D eigenvalue weighted by Crippen LogP contribution is -2.03. The molecule has 0 aromatic heterocycles. The third kappa shape index (κ3) is 4.94. The highest BCUT2D eigenvalue weighted by Crippen LogP contribution is 2.24. The zero-order chi connectivity index (χ0) is 17.6. The third-order valence-corrected chi connectivity index (χ3v) is 4.20. The Bertz CT molecular complexity index is 804. The fraction of sp³-hybridized carbons (Fsp3) is 0.217. The molecule has 1 unspecified atom stereocenters. The van der Waals surface area contributed by atoms with Crippen molar-refractivity contribution < 1.29 is 9.84 Å². The van der Waals surface area contributed by atoms with Crippen molar-refractivity contribution in [3.05, 3.63) is 101 Å². The molecule has 0 aliphatic rings. The molecule has 0 saturated carbocycles. The molecule has 1 atom stereocenters. The molecule has 2 heteroatoms. The molecule has 3 rings (SSSR count). The smallest absolute Gasteiger partial charge is 0.120 e. The van der Waals surface area contributed by atoms with E-state index in [2.05, 4.69) is 32.0 Å². The molecule has 0 heterocycles. The monoisotopic (exact) mass is 332 g/mol. The molecule has 0 spiro atoms. The maximum atomic E-state index is 10.6. The van der Waals surface area contributed by atoms with E-state index >= 15 is 0 Å². The van der Waals surface area contributed by atoms with Crippen molar-refractivity contribution in [2.45, 2.75) is 33.0 Å². The van der Waals surface area contributed by atoms with Gasteiger partial charge in [-0.1, -0.05) is 71.8 Å². The van der Waals surface area contributed by atoms with Gasteiger partial charge in [-0.15, -0.1) is 0 Å². The lowest BCUT2D eigenvalue weighted by atomic mass is 9.98. The quantitative estimate of drug-likeness (QED) is 0.676. The first-order chi connectivity index (χ1) is 12.1. The van der Waals surface area contributed by atoms with Crippen molar-refractivity contribution in [3.8, 4) is 5.75 Å². The Morgan fingerprint density at radius 2 is 1.52 bits per heavy atom. The molecule has 1 N–H and O–H groups in total. The van der Waals surface area contributed by atoms with E-state index in [1.54, 1.807) is 0 Å². The number of ether oxygens (including phenoxy) is 1. The van der Waals surface area contributed by atoms with Crippen LogP contribution in [-0.2, 0) is 13.0 Å².